The summed E-state index contributed by atoms with van der Waals surface area (Å²) in [6.45, 7) is 3.93. The first-order valence-electron chi connectivity index (χ1n) is 8.60. The van der Waals surface area contributed by atoms with Crippen LogP contribution in [0.4, 0.5) is 5.69 Å². The zero-order valence-corrected chi connectivity index (χ0v) is 16.6. The lowest BCUT2D eigenvalue weighted by molar-refractivity contribution is 0.419. The number of para-hydroxylation sites is 1. The molecule has 3 rings (SSSR count). The first-order valence-corrected chi connectivity index (χ1v) is 10.1. The molecule has 0 aliphatic carbocycles. The van der Waals surface area contributed by atoms with Gasteiger partial charge in [-0.3, -0.25) is 0 Å². The van der Waals surface area contributed by atoms with E-state index in [1.165, 1.54) is 7.05 Å². The molecule has 7 heteroatoms. The summed E-state index contributed by atoms with van der Waals surface area (Å²) in [4.78, 5) is 4.84. The van der Waals surface area contributed by atoms with Crippen molar-refractivity contribution in [1.29, 1.82) is 0 Å². The van der Waals surface area contributed by atoms with Gasteiger partial charge in [0.25, 0.3) is 0 Å². The van der Waals surface area contributed by atoms with Crippen molar-refractivity contribution in [1.82, 2.24) is 9.71 Å². The molecule has 1 aromatic heterocycles. The summed E-state index contributed by atoms with van der Waals surface area (Å²) < 4.78 is 31.9. The van der Waals surface area contributed by atoms with Gasteiger partial charge in [0.05, 0.1) is 12.0 Å². The molecule has 0 amide bonds. The van der Waals surface area contributed by atoms with Crippen LogP contribution < -0.4 is 14.8 Å². The van der Waals surface area contributed by atoms with E-state index in [-0.39, 0.29) is 10.9 Å². The molecule has 1 unspecified atom stereocenters. The van der Waals surface area contributed by atoms with Gasteiger partial charge in [0.1, 0.15) is 11.3 Å². The summed E-state index contributed by atoms with van der Waals surface area (Å²) in [6.07, 6.45) is 0. The average molecular weight is 385 g/mol. The van der Waals surface area contributed by atoms with Crippen molar-refractivity contribution in [2.75, 3.05) is 19.5 Å². The number of methoxy groups -OCH3 is 1. The number of nitrogens with one attached hydrogen (secondary N) is 2. The van der Waals surface area contributed by atoms with Gasteiger partial charge in [-0.1, -0.05) is 24.3 Å². The van der Waals surface area contributed by atoms with Crippen molar-refractivity contribution in [3.8, 4) is 5.75 Å². The second kappa shape index (κ2) is 7.54. The van der Waals surface area contributed by atoms with Crippen molar-refractivity contribution in [3.05, 3.63) is 59.8 Å². The Morgan fingerprint density at radius 1 is 1.11 bits per heavy atom. The standard InChI is InChI=1S/C20H23N3O3S/c1-13-11-18(17-9-6-10-19(26-4)20(17)22-13)23-14(2)15-7-5-8-16(12-15)27(24,25)21-3/h5-12,14,21H,1-4H3,(H,22,23). The van der Waals surface area contributed by atoms with Gasteiger partial charge in [0.15, 0.2) is 0 Å². The number of anilines is 1. The van der Waals surface area contributed by atoms with Gasteiger partial charge in [-0.15, -0.1) is 0 Å². The van der Waals surface area contributed by atoms with Gasteiger partial charge in [-0.05, 0) is 50.7 Å². The molecule has 0 saturated carbocycles. The van der Waals surface area contributed by atoms with Gasteiger partial charge in [0, 0.05) is 22.8 Å². The van der Waals surface area contributed by atoms with Crippen molar-refractivity contribution in [2.45, 2.75) is 24.8 Å². The Balaban J connectivity index is 2.00. The maximum absolute atomic E-state index is 12.1. The molecule has 0 radical (unpaired) electrons. The smallest absolute Gasteiger partial charge is 0.240 e. The fraction of sp³-hybridized carbons (Fsp3) is 0.250. The summed E-state index contributed by atoms with van der Waals surface area (Å²) in [7, 11) is -0.449. The van der Waals surface area contributed by atoms with E-state index >= 15 is 0 Å². The van der Waals surface area contributed by atoms with Crippen LogP contribution in [0.1, 0.15) is 24.2 Å². The van der Waals surface area contributed by atoms with E-state index in [2.05, 4.69) is 15.0 Å². The van der Waals surface area contributed by atoms with Crippen molar-refractivity contribution < 1.29 is 13.2 Å². The number of benzene rings is 2. The van der Waals surface area contributed by atoms with E-state index in [1.807, 2.05) is 44.2 Å². The number of sulfonamides is 1. The third-order valence-electron chi connectivity index (χ3n) is 4.46. The highest BCUT2D eigenvalue weighted by Gasteiger charge is 2.15. The fourth-order valence-electron chi connectivity index (χ4n) is 3.02. The van der Waals surface area contributed by atoms with Crippen molar-refractivity contribution in [3.63, 3.8) is 0 Å². The molecule has 0 spiro atoms. The number of fused-ring (bicyclic) bond motifs is 1. The monoisotopic (exact) mass is 385 g/mol. The number of hydrogen-bond donors (Lipinski definition) is 2. The lowest BCUT2D eigenvalue weighted by atomic mass is 10.1. The normalized spacial score (nSPS) is 12.7. The number of nitrogens with zero attached hydrogens (tertiary/aromatic N) is 1. The van der Waals surface area contributed by atoms with E-state index in [9.17, 15) is 8.42 Å². The predicted octanol–water partition coefficient (Wildman–Crippen LogP) is 3.63. The Labute approximate surface area is 159 Å². The van der Waals surface area contributed by atoms with E-state index in [0.29, 0.717) is 5.75 Å². The maximum Gasteiger partial charge on any atom is 0.240 e. The Hall–Kier alpha value is -2.64. The molecule has 0 aliphatic heterocycles. The highest BCUT2D eigenvalue weighted by atomic mass is 32.2. The summed E-state index contributed by atoms with van der Waals surface area (Å²) >= 11 is 0. The highest BCUT2D eigenvalue weighted by Crippen LogP contribution is 2.32. The number of rotatable bonds is 6. The Kier molecular flexibility index (Phi) is 5.34. The Morgan fingerprint density at radius 3 is 2.56 bits per heavy atom. The number of ether oxygens (including phenoxy) is 1. The fourth-order valence-corrected chi connectivity index (χ4v) is 3.80. The molecule has 0 aliphatic rings. The lowest BCUT2D eigenvalue weighted by Crippen LogP contribution is -2.19. The third kappa shape index (κ3) is 3.89. The van der Waals surface area contributed by atoms with Crippen LogP contribution in [-0.2, 0) is 10.0 Å². The number of aryl methyl sites for hydroxylation is 1. The van der Waals surface area contributed by atoms with Crippen LogP contribution in [0.2, 0.25) is 0 Å². The average Bonchev–Trinajstić information content (AvgIpc) is 2.67. The van der Waals surface area contributed by atoms with Gasteiger partial charge in [-0.2, -0.15) is 0 Å². The third-order valence-corrected chi connectivity index (χ3v) is 5.87. The first-order chi connectivity index (χ1) is 12.9. The van der Waals surface area contributed by atoms with E-state index in [1.54, 1.807) is 25.3 Å². The topological polar surface area (TPSA) is 80.3 Å². The molecule has 0 saturated heterocycles. The van der Waals surface area contributed by atoms with Crippen LogP contribution in [0.5, 0.6) is 5.75 Å². The zero-order chi connectivity index (χ0) is 19.6. The molecule has 142 valence electrons. The maximum atomic E-state index is 12.1. The molecule has 0 fully saturated rings. The van der Waals surface area contributed by atoms with Crippen LogP contribution in [0, 0.1) is 6.92 Å². The van der Waals surface area contributed by atoms with Gasteiger partial charge in [0.2, 0.25) is 10.0 Å². The molecular formula is C20H23N3O3S. The number of pyridine rings is 1. The summed E-state index contributed by atoms with van der Waals surface area (Å²) in [6, 6.07) is 14.6. The molecular weight excluding hydrogens is 362 g/mol. The van der Waals surface area contributed by atoms with Crippen LogP contribution in [0.25, 0.3) is 10.9 Å². The van der Waals surface area contributed by atoms with E-state index in [4.69, 9.17) is 4.74 Å². The SMILES string of the molecule is CNS(=O)(=O)c1cccc(C(C)Nc2cc(C)nc3c(OC)cccc23)c1. The van der Waals surface area contributed by atoms with E-state index in [0.717, 1.165) is 27.8 Å². The molecule has 1 atom stereocenters. The van der Waals surface area contributed by atoms with Crippen LogP contribution in [0.3, 0.4) is 0 Å². The summed E-state index contributed by atoms with van der Waals surface area (Å²) in [5.41, 5.74) is 3.46. The number of aromatic nitrogens is 1. The van der Waals surface area contributed by atoms with Crippen LogP contribution >= 0.6 is 0 Å². The lowest BCUT2D eigenvalue weighted by Gasteiger charge is -2.19. The second-order valence-electron chi connectivity index (χ2n) is 6.31. The largest absolute Gasteiger partial charge is 0.494 e. The van der Waals surface area contributed by atoms with Gasteiger partial charge < -0.3 is 10.1 Å². The van der Waals surface area contributed by atoms with E-state index < -0.39 is 10.0 Å². The second-order valence-corrected chi connectivity index (χ2v) is 8.20. The molecule has 2 aromatic carbocycles. The number of hydrogen-bond acceptors (Lipinski definition) is 5. The minimum absolute atomic E-state index is 0.104. The van der Waals surface area contributed by atoms with Crippen LogP contribution in [-0.4, -0.2) is 27.6 Å². The molecule has 3 aromatic rings. The molecule has 0 bridgehead atoms. The highest BCUT2D eigenvalue weighted by molar-refractivity contribution is 7.89. The quantitative estimate of drug-likeness (QED) is 0.677. The van der Waals surface area contributed by atoms with Gasteiger partial charge >= 0.3 is 0 Å². The van der Waals surface area contributed by atoms with Gasteiger partial charge in [-0.25, -0.2) is 18.1 Å². The molecule has 1 heterocycles. The molecule has 6 nitrogen and oxygen atoms in total. The molecule has 27 heavy (non-hydrogen) atoms. The predicted molar refractivity (Wildman–Crippen MR) is 108 cm³/mol. The van der Waals surface area contributed by atoms with Crippen LogP contribution in [0.15, 0.2) is 53.4 Å². The first kappa shape index (κ1) is 19.1. The Bertz CT molecular complexity index is 1080. The van der Waals surface area contributed by atoms with Crippen molar-refractivity contribution >= 4 is 26.6 Å². The summed E-state index contributed by atoms with van der Waals surface area (Å²) in [5, 5.41) is 4.43. The summed E-state index contributed by atoms with van der Waals surface area (Å²) in [5.74, 6) is 0.717. The molecule has 2 N–H and O–H groups in total. The minimum Gasteiger partial charge on any atom is -0.494 e. The zero-order valence-electron chi connectivity index (χ0n) is 15.8. The minimum atomic E-state index is -3.48. The van der Waals surface area contributed by atoms with Crippen molar-refractivity contribution in [2.24, 2.45) is 0 Å². The Morgan fingerprint density at radius 2 is 1.85 bits per heavy atom.